The molecule has 2 amide bonds. The van der Waals surface area contributed by atoms with Gasteiger partial charge < -0.3 is 16.0 Å². The van der Waals surface area contributed by atoms with Crippen LogP contribution in [0, 0.1) is 5.92 Å². The van der Waals surface area contributed by atoms with Crippen LogP contribution in [0.5, 0.6) is 0 Å². The molecule has 2 aliphatic carbocycles. The van der Waals surface area contributed by atoms with Crippen molar-refractivity contribution in [1.82, 2.24) is 9.97 Å². The zero-order valence-corrected chi connectivity index (χ0v) is 20.1. The number of fused-ring (bicyclic) bond motifs is 1. The zero-order valence-electron chi connectivity index (χ0n) is 20.1. The van der Waals surface area contributed by atoms with Crippen molar-refractivity contribution in [2.45, 2.75) is 70.1 Å². The molecule has 0 spiro atoms. The lowest BCUT2D eigenvalue weighted by Gasteiger charge is -2.21. The van der Waals surface area contributed by atoms with Gasteiger partial charge in [0.2, 0.25) is 5.91 Å². The monoisotopic (exact) mass is 474 g/mol. The quantitative estimate of drug-likeness (QED) is 0.477. The van der Waals surface area contributed by atoms with Crippen molar-refractivity contribution in [2.75, 3.05) is 5.32 Å². The summed E-state index contributed by atoms with van der Waals surface area (Å²) in [7, 11) is 0. The van der Waals surface area contributed by atoms with E-state index in [9.17, 15) is 14.4 Å². The second kappa shape index (κ2) is 11.8. The smallest absolute Gasteiger partial charge is 0.258 e. The molecule has 0 bridgehead atoms. The van der Waals surface area contributed by atoms with Crippen LogP contribution in [0.1, 0.15) is 86.3 Å². The molecule has 1 heterocycles. The molecule has 35 heavy (non-hydrogen) atoms. The van der Waals surface area contributed by atoms with Crippen molar-refractivity contribution in [3.05, 3.63) is 70.3 Å². The van der Waals surface area contributed by atoms with Crippen molar-refractivity contribution in [2.24, 2.45) is 11.7 Å². The van der Waals surface area contributed by atoms with E-state index in [1.54, 1.807) is 24.3 Å². The van der Waals surface area contributed by atoms with E-state index in [4.69, 9.17) is 5.73 Å². The Morgan fingerprint density at radius 1 is 0.857 bits per heavy atom. The fourth-order valence-electron chi connectivity index (χ4n) is 5.08. The van der Waals surface area contributed by atoms with Gasteiger partial charge in [-0.2, -0.15) is 0 Å². The molecule has 1 aromatic heterocycles. The Morgan fingerprint density at radius 3 is 2.20 bits per heavy atom. The molecule has 5 rings (SSSR count). The minimum atomic E-state index is -0.519. The number of nitrogens with one attached hydrogen (secondary N) is 2. The molecule has 7 nitrogen and oxygen atoms in total. The van der Waals surface area contributed by atoms with E-state index in [2.05, 4.69) is 15.3 Å². The lowest BCUT2D eigenvalue weighted by atomic mass is 9.88. The van der Waals surface area contributed by atoms with Crippen LogP contribution in [0.25, 0.3) is 10.9 Å². The van der Waals surface area contributed by atoms with Gasteiger partial charge in [-0.25, -0.2) is 4.98 Å². The van der Waals surface area contributed by atoms with Gasteiger partial charge in [0.15, 0.2) is 0 Å². The highest BCUT2D eigenvalue weighted by atomic mass is 16.2. The van der Waals surface area contributed by atoms with E-state index in [1.807, 2.05) is 24.3 Å². The molecular weight excluding hydrogens is 440 g/mol. The van der Waals surface area contributed by atoms with Crippen molar-refractivity contribution in [3.8, 4) is 0 Å². The van der Waals surface area contributed by atoms with Gasteiger partial charge in [-0.1, -0.05) is 62.8 Å². The second-order valence-electron chi connectivity index (χ2n) is 9.54. The summed E-state index contributed by atoms with van der Waals surface area (Å²) in [5, 5.41) is 3.51. The zero-order chi connectivity index (χ0) is 24.6. The lowest BCUT2D eigenvalue weighted by molar-refractivity contribution is -0.120. The number of amides is 2. The van der Waals surface area contributed by atoms with Crippen molar-refractivity contribution in [3.63, 3.8) is 0 Å². The number of aromatic nitrogens is 2. The maximum absolute atomic E-state index is 12.1. The number of para-hydroxylation sites is 2. The third kappa shape index (κ3) is 6.35. The summed E-state index contributed by atoms with van der Waals surface area (Å²) < 4.78 is 0. The van der Waals surface area contributed by atoms with Gasteiger partial charge in [-0.15, -0.1) is 0 Å². The number of hydrogen-bond donors (Lipinski definition) is 3. The first kappa shape index (κ1) is 24.6. The highest BCUT2D eigenvalue weighted by molar-refractivity contribution is 6.03. The average molecular weight is 475 g/mol. The van der Waals surface area contributed by atoms with Gasteiger partial charge in [0, 0.05) is 11.8 Å². The number of carbonyl (C=O) groups is 2. The van der Waals surface area contributed by atoms with Gasteiger partial charge in [-0.05, 0) is 49.9 Å². The fraction of sp³-hybridized carbons (Fsp3) is 0.429. The van der Waals surface area contributed by atoms with Crippen LogP contribution >= 0.6 is 0 Å². The van der Waals surface area contributed by atoms with E-state index in [0.29, 0.717) is 22.6 Å². The number of rotatable bonds is 4. The van der Waals surface area contributed by atoms with Crippen molar-refractivity contribution in [1.29, 1.82) is 0 Å². The van der Waals surface area contributed by atoms with Gasteiger partial charge in [-0.3, -0.25) is 14.4 Å². The van der Waals surface area contributed by atoms with Crippen molar-refractivity contribution >= 4 is 28.4 Å². The Morgan fingerprint density at radius 2 is 1.49 bits per heavy atom. The van der Waals surface area contributed by atoms with Gasteiger partial charge in [0.1, 0.15) is 5.82 Å². The molecule has 0 aliphatic heterocycles. The minimum Gasteiger partial charge on any atom is -0.366 e. The Bertz CT molecular complexity index is 1220. The summed E-state index contributed by atoms with van der Waals surface area (Å²) in [6.07, 6.45) is 11.4. The molecule has 0 unspecified atom stereocenters. The molecule has 7 heteroatoms. The number of primary amides is 1. The molecule has 0 atom stereocenters. The molecule has 2 aromatic carbocycles. The van der Waals surface area contributed by atoms with Crippen molar-refractivity contribution < 1.29 is 9.59 Å². The van der Waals surface area contributed by atoms with Crippen LogP contribution in [0.15, 0.2) is 53.3 Å². The molecule has 2 saturated carbocycles. The Balaban J connectivity index is 0.000000165. The normalized spacial score (nSPS) is 16.8. The topological polar surface area (TPSA) is 118 Å². The lowest BCUT2D eigenvalue weighted by Crippen LogP contribution is -2.26. The molecule has 2 fully saturated rings. The van der Waals surface area contributed by atoms with Crippen LogP contribution in [0.4, 0.5) is 5.69 Å². The fourth-order valence-corrected chi connectivity index (χ4v) is 5.08. The Kier molecular flexibility index (Phi) is 8.29. The van der Waals surface area contributed by atoms with Crippen LogP contribution in [0.3, 0.4) is 0 Å². The summed E-state index contributed by atoms with van der Waals surface area (Å²) >= 11 is 0. The Hall–Kier alpha value is -3.48. The summed E-state index contributed by atoms with van der Waals surface area (Å²) in [4.78, 5) is 42.8. The van der Waals surface area contributed by atoms with Crippen LogP contribution in [-0.4, -0.2) is 21.8 Å². The number of H-pyrrole nitrogens is 1. The molecule has 0 radical (unpaired) electrons. The third-order valence-corrected chi connectivity index (χ3v) is 7.05. The summed E-state index contributed by atoms with van der Waals surface area (Å²) in [5.41, 5.74) is 6.97. The van der Waals surface area contributed by atoms with E-state index in [-0.39, 0.29) is 17.4 Å². The number of carbonyl (C=O) groups excluding carboxylic acids is 2. The molecular formula is C28H34N4O3. The first-order valence-electron chi connectivity index (χ1n) is 12.7. The summed E-state index contributed by atoms with van der Waals surface area (Å²) in [5.74, 6) is 0.882. The second-order valence-corrected chi connectivity index (χ2v) is 9.54. The van der Waals surface area contributed by atoms with Gasteiger partial charge in [0.05, 0.1) is 22.2 Å². The van der Waals surface area contributed by atoms with Crippen LogP contribution < -0.4 is 16.6 Å². The highest BCUT2D eigenvalue weighted by Gasteiger charge is 2.22. The highest BCUT2D eigenvalue weighted by Crippen LogP contribution is 2.30. The standard InChI is InChI=1S/C14H18N2O2.C14H16N2O/c15-13(17)11-8-4-5-9-12(11)16-14(18)10-6-2-1-3-7-10;17-14-11-8-4-5-9-12(11)15-13(16-14)10-6-2-1-3-7-10/h4-5,8-10H,1-3,6-7H2,(H2,15,17)(H,16,18);4-5,8-10H,1-3,6-7H2,(H,15,16,17). The Labute approximate surface area is 205 Å². The maximum atomic E-state index is 12.1. The first-order valence-corrected chi connectivity index (χ1v) is 12.7. The maximum Gasteiger partial charge on any atom is 0.258 e. The number of anilines is 1. The molecule has 0 saturated heterocycles. The molecule has 2 aliphatic rings. The molecule has 3 aromatic rings. The van der Waals surface area contributed by atoms with Gasteiger partial charge >= 0.3 is 0 Å². The number of aromatic amines is 1. The van der Waals surface area contributed by atoms with E-state index >= 15 is 0 Å². The number of nitrogens with zero attached hydrogens (tertiary/aromatic N) is 1. The van der Waals surface area contributed by atoms with E-state index in [1.165, 1.54) is 25.7 Å². The molecule has 184 valence electrons. The number of benzene rings is 2. The summed E-state index contributed by atoms with van der Waals surface area (Å²) in [6.45, 7) is 0. The van der Waals surface area contributed by atoms with E-state index in [0.717, 1.165) is 49.9 Å². The predicted octanol–water partition coefficient (Wildman–Crippen LogP) is 5.28. The molecule has 4 N–H and O–H groups in total. The number of hydrogen-bond acceptors (Lipinski definition) is 4. The number of nitrogens with two attached hydrogens (primary N) is 1. The predicted molar refractivity (Wildman–Crippen MR) is 138 cm³/mol. The average Bonchev–Trinajstić information content (AvgIpc) is 2.90. The van der Waals surface area contributed by atoms with Crippen LogP contribution in [-0.2, 0) is 4.79 Å². The van der Waals surface area contributed by atoms with E-state index < -0.39 is 5.91 Å². The van der Waals surface area contributed by atoms with Crippen LogP contribution in [0.2, 0.25) is 0 Å². The third-order valence-electron chi connectivity index (χ3n) is 7.05. The largest absolute Gasteiger partial charge is 0.366 e. The first-order chi connectivity index (χ1) is 17.0. The minimum absolute atomic E-state index is 0.00315. The van der Waals surface area contributed by atoms with Gasteiger partial charge in [0.25, 0.3) is 11.5 Å². The summed E-state index contributed by atoms with van der Waals surface area (Å²) in [6, 6.07) is 14.4. The SMILES string of the molecule is NC(=O)c1ccccc1NC(=O)C1CCCCC1.O=c1[nH]c(C2CCCCC2)nc2ccccc12.